The van der Waals surface area contributed by atoms with Gasteiger partial charge >= 0.3 is 0 Å². The molecule has 11 heavy (non-hydrogen) atoms. The third kappa shape index (κ3) is 0.821. The molecule has 2 aliphatic heterocycles. The lowest BCUT2D eigenvalue weighted by molar-refractivity contribution is 0.420. The molecule has 0 bridgehead atoms. The van der Waals surface area contributed by atoms with E-state index >= 15 is 0 Å². The topological polar surface area (TPSA) is 70.5 Å². The van der Waals surface area contributed by atoms with E-state index < -0.39 is 0 Å². The molecule has 0 aromatic heterocycles. The van der Waals surface area contributed by atoms with Crippen LogP contribution in [0.5, 0.6) is 0 Å². The van der Waals surface area contributed by atoms with Gasteiger partial charge in [-0.15, -0.1) is 0 Å². The van der Waals surface area contributed by atoms with Gasteiger partial charge in [-0.2, -0.15) is 0 Å². The number of nitrogens with one attached hydrogen (secondary N) is 1. The molecule has 2 rings (SSSR count). The van der Waals surface area contributed by atoms with Crippen LogP contribution in [0.4, 0.5) is 0 Å². The molecule has 0 spiro atoms. The van der Waals surface area contributed by atoms with E-state index in [1.54, 1.807) is 12.4 Å². The normalized spacial score (nSPS) is 20.8. The van der Waals surface area contributed by atoms with Gasteiger partial charge in [-0.1, -0.05) is 0 Å². The zero-order valence-electron chi connectivity index (χ0n) is 5.86. The Morgan fingerprint density at radius 1 is 1.36 bits per heavy atom. The van der Waals surface area contributed by atoms with Crippen molar-refractivity contribution in [2.24, 2.45) is 11.6 Å². The van der Waals surface area contributed by atoms with E-state index in [-0.39, 0.29) is 0 Å². The Morgan fingerprint density at radius 3 is 3.00 bits per heavy atom. The number of nitrogens with two attached hydrogens (primary N) is 2. The van der Waals surface area contributed by atoms with E-state index in [2.05, 4.69) is 5.32 Å². The molecule has 0 radical (unpaired) electrons. The molecule has 0 aliphatic carbocycles. The molecule has 0 unspecified atom stereocenters. The first-order chi connectivity index (χ1) is 5.27. The quantitative estimate of drug-likeness (QED) is 0.392. The molecule has 5 heteroatoms. The van der Waals surface area contributed by atoms with Crippen LogP contribution >= 0.6 is 0 Å². The Hall–Kier alpha value is -1.62. The lowest BCUT2D eigenvalue weighted by Crippen LogP contribution is -2.36. The van der Waals surface area contributed by atoms with Crippen molar-refractivity contribution >= 4 is 0 Å². The van der Waals surface area contributed by atoms with Crippen molar-refractivity contribution in [2.45, 2.75) is 0 Å². The first kappa shape index (κ1) is 6.11. The SMILES string of the molecule is NC1=CN2C=CNC2=CN1N. The summed E-state index contributed by atoms with van der Waals surface area (Å²) in [6, 6.07) is 0. The second kappa shape index (κ2) is 1.93. The van der Waals surface area contributed by atoms with Crippen molar-refractivity contribution in [2.75, 3.05) is 0 Å². The fourth-order valence-electron chi connectivity index (χ4n) is 0.990. The van der Waals surface area contributed by atoms with Crippen LogP contribution in [0.1, 0.15) is 0 Å². The van der Waals surface area contributed by atoms with Crippen LogP contribution < -0.4 is 16.9 Å². The van der Waals surface area contributed by atoms with Gasteiger partial charge in [0.1, 0.15) is 11.6 Å². The van der Waals surface area contributed by atoms with Gasteiger partial charge in [0.05, 0.1) is 12.4 Å². The maximum Gasteiger partial charge on any atom is 0.134 e. The van der Waals surface area contributed by atoms with Crippen LogP contribution in [0.25, 0.3) is 0 Å². The molecule has 0 fully saturated rings. The lowest BCUT2D eigenvalue weighted by atomic mass is 10.5. The van der Waals surface area contributed by atoms with Crippen molar-refractivity contribution in [3.05, 3.63) is 36.4 Å². The minimum atomic E-state index is 0.516. The predicted octanol–water partition coefficient (Wildman–Crippen LogP) is -0.891. The summed E-state index contributed by atoms with van der Waals surface area (Å²) in [7, 11) is 0. The summed E-state index contributed by atoms with van der Waals surface area (Å²) in [5.41, 5.74) is 5.55. The first-order valence-electron chi connectivity index (χ1n) is 3.22. The van der Waals surface area contributed by atoms with Crippen molar-refractivity contribution in [1.82, 2.24) is 15.2 Å². The van der Waals surface area contributed by atoms with Crippen LogP contribution in [-0.4, -0.2) is 9.91 Å². The number of hydrogen-bond acceptors (Lipinski definition) is 5. The molecule has 0 aromatic rings. The van der Waals surface area contributed by atoms with E-state index in [1.807, 2.05) is 17.3 Å². The molecular weight excluding hydrogens is 142 g/mol. The zero-order chi connectivity index (χ0) is 7.84. The summed E-state index contributed by atoms with van der Waals surface area (Å²) in [4.78, 5) is 1.86. The largest absolute Gasteiger partial charge is 0.383 e. The second-order valence-electron chi connectivity index (χ2n) is 2.34. The highest BCUT2D eigenvalue weighted by Crippen LogP contribution is 2.15. The van der Waals surface area contributed by atoms with Gasteiger partial charge < -0.3 is 16.0 Å². The highest BCUT2D eigenvalue weighted by molar-refractivity contribution is 5.22. The molecule has 2 heterocycles. The molecule has 0 aromatic carbocycles. The third-order valence-electron chi connectivity index (χ3n) is 1.58. The predicted molar refractivity (Wildman–Crippen MR) is 40.5 cm³/mol. The maximum absolute atomic E-state index is 5.55. The van der Waals surface area contributed by atoms with Gasteiger partial charge in [-0.3, -0.25) is 5.01 Å². The smallest absolute Gasteiger partial charge is 0.134 e. The summed E-state index contributed by atoms with van der Waals surface area (Å²) >= 11 is 0. The number of nitrogens with zero attached hydrogens (tertiary/aromatic N) is 2. The Bertz CT molecular complexity index is 264. The first-order valence-corrected chi connectivity index (χ1v) is 3.22. The van der Waals surface area contributed by atoms with Crippen LogP contribution in [0, 0.1) is 0 Å². The van der Waals surface area contributed by atoms with Crippen molar-refractivity contribution < 1.29 is 0 Å². The Labute approximate surface area is 64.2 Å². The van der Waals surface area contributed by atoms with Gasteiger partial charge in [-0.05, 0) is 0 Å². The molecule has 58 valence electrons. The monoisotopic (exact) mass is 151 g/mol. The van der Waals surface area contributed by atoms with E-state index in [0.29, 0.717) is 5.82 Å². The number of rotatable bonds is 0. The van der Waals surface area contributed by atoms with Crippen molar-refractivity contribution in [3.8, 4) is 0 Å². The summed E-state index contributed by atoms with van der Waals surface area (Å²) < 4.78 is 0. The van der Waals surface area contributed by atoms with Crippen molar-refractivity contribution in [3.63, 3.8) is 0 Å². The maximum atomic E-state index is 5.55. The molecule has 0 saturated carbocycles. The van der Waals surface area contributed by atoms with Crippen LogP contribution in [-0.2, 0) is 0 Å². The lowest BCUT2D eigenvalue weighted by Gasteiger charge is -2.24. The second-order valence-corrected chi connectivity index (χ2v) is 2.34. The summed E-state index contributed by atoms with van der Waals surface area (Å²) in [5.74, 6) is 6.92. The summed E-state index contributed by atoms with van der Waals surface area (Å²) in [5, 5.41) is 4.36. The van der Waals surface area contributed by atoms with Crippen molar-refractivity contribution in [1.29, 1.82) is 0 Å². The molecular formula is C6H9N5. The Kier molecular flexibility index (Phi) is 1.07. The van der Waals surface area contributed by atoms with E-state index in [0.717, 1.165) is 5.82 Å². The van der Waals surface area contributed by atoms with Gasteiger partial charge in [0.15, 0.2) is 0 Å². The van der Waals surface area contributed by atoms with Gasteiger partial charge in [-0.25, -0.2) is 5.84 Å². The molecule has 2 aliphatic rings. The van der Waals surface area contributed by atoms with E-state index in [4.69, 9.17) is 11.6 Å². The Balaban J connectivity index is 2.31. The third-order valence-corrected chi connectivity index (χ3v) is 1.58. The van der Waals surface area contributed by atoms with Crippen LogP contribution in [0.3, 0.4) is 0 Å². The van der Waals surface area contributed by atoms with E-state index in [9.17, 15) is 0 Å². The van der Waals surface area contributed by atoms with Gasteiger partial charge in [0.25, 0.3) is 0 Å². The molecule has 0 atom stereocenters. The standard InChI is InChI=1S/C6H9N5/c7-5-3-10-2-1-9-6(10)4-11(5)8/h1-4,9H,7-8H2. The summed E-state index contributed by atoms with van der Waals surface area (Å²) in [6.45, 7) is 0. The number of fused-ring (bicyclic) bond motifs is 1. The molecule has 5 N–H and O–H groups in total. The van der Waals surface area contributed by atoms with E-state index in [1.165, 1.54) is 5.01 Å². The fraction of sp³-hybridized carbons (Fsp3) is 0. The number of hydrazine groups is 1. The minimum absolute atomic E-state index is 0.516. The van der Waals surface area contributed by atoms with Gasteiger partial charge in [0, 0.05) is 12.4 Å². The average molecular weight is 151 g/mol. The summed E-state index contributed by atoms with van der Waals surface area (Å²) in [6.07, 6.45) is 7.14. The van der Waals surface area contributed by atoms with Crippen LogP contribution in [0.2, 0.25) is 0 Å². The Morgan fingerprint density at radius 2 is 2.18 bits per heavy atom. The molecule has 5 nitrogen and oxygen atoms in total. The van der Waals surface area contributed by atoms with Gasteiger partial charge in [0.2, 0.25) is 0 Å². The molecule has 0 amide bonds. The van der Waals surface area contributed by atoms with Crippen LogP contribution in [0.15, 0.2) is 36.4 Å². The zero-order valence-corrected chi connectivity index (χ0v) is 5.86. The highest BCUT2D eigenvalue weighted by Gasteiger charge is 2.15. The minimum Gasteiger partial charge on any atom is -0.383 e. The number of hydrogen-bond donors (Lipinski definition) is 3. The average Bonchev–Trinajstić information content (AvgIpc) is 2.36. The highest BCUT2D eigenvalue weighted by atomic mass is 15.5. The molecule has 0 saturated heterocycles. The fourth-order valence-corrected chi connectivity index (χ4v) is 0.990.